The Kier molecular flexibility index (Phi) is 4.03. The summed E-state index contributed by atoms with van der Waals surface area (Å²) in [4.78, 5) is 9.49. The molecule has 0 amide bonds. The molecule has 1 aromatic rings. The summed E-state index contributed by atoms with van der Waals surface area (Å²) in [6, 6.07) is 6.77. The molecule has 4 rings (SSSR count). The number of pyridine rings is 1. The largest absolute Gasteiger partial charge is 0.380 e. The number of piperidine rings is 1. The van der Waals surface area contributed by atoms with Crippen molar-refractivity contribution in [2.75, 3.05) is 50.9 Å². The Morgan fingerprint density at radius 1 is 1.14 bits per heavy atom. The number of morpholine rings is 1. The molecule has 1 atom stereocenters. The Labute approximate surface area is 132 Å². The van der Waals surface area contributed by atoms with Gasteiger partial charge in [0, 0.05) is 45.0 Å². The Morgan fingerprint density at radius 2 is 2.05 bits per heavy atom. The van der Waals surface area contributed by atoms with Crippen molar-refractivity contribution in [2.24, 2.45) is 0 Å². The second kappa shape index (κ2) is 6.14. The average molecular weight is 303 g/mol. The maximum atomic E-state index is 6.24. The van der Waals surface area contributed by atoms with E-state index < -0.39 is 0 Å². The van der Waals surface area contributed by atoms with E-state index in [1.165, 1.54) is 6.42 Å². The van der Waals surface area contributed by atoms with Gasteiger partial charge in [-0.1, -0.05) is 6.07 Å². The lowest BCUT2D eigenvalue weighted by Gasteiger charge is -2.48. The molecule has 1 spiro atoms. The Balaban J connectivity index is 1.40. The third-order valence-electron chi connectivity index (χ3n) is 5.35. The van der Waals surface area contributed by atoms with E-state index in [1.807, 2.05) is 12.3 Å². The topological polar surface area (TPSA) is 37.8 Å². The van der Waals surface area contributed by atoms with Gasteiger partial charge in [0.05, 0.1) is 18.8 Å². The summed E-state index contributed by atoms with van der Waals surface area (Å²) in [5.74, 6) is 1.08. The van der Waals surface area contributed by atoms with E-state index in [-0.39, 0.29) is 5.60 Å². The normalized spacial score (nSPS) is 29.1. The second-order valence-corrected chi connectivity index (χ2v) is 6.69. The van der Waals surface area contributed by atoms with E-state index in [1.54, 1.807) is 0 Å². The molecular formula is C17H25N3O2. The van der Waals surface area contributed by atoms with Gasteiger partial charge in [-0.3, -0.25) is 4.90 Å². The Bertz CT molecular complexity index is 482. The number of aromatic nitrogens is 1. The van der Waals surface area contributed by atoms with E-state index in [2.05, 4.69) is 26.9 Å². The van der Waals surface area contributed by atoms with Crippen molar-refractivity contribution in [3.05, 3.63) is 24.4 Å². The lowest BCUT2D eigenvalue weighted by Crippen LogP contribution is -2.58. The van der Waals surface area contributed by atoms with Crippen LogP contribution in [-0.2, 0) is 9.47 Å². The molecule has 0 radical (unpaired) electrons. The maximum Gasteiger partial charge on any atom is 0.128 e. The molecule has 5 heteroatoms. The van der Waals surface area contributed by atoms with Crippen LogP contribution < -0.4 is 4.90 Å². The molecule has 1 aromatic heterocycles. The van der Waals surface area contributed by atoms with Crippen LogP contribution in [0.1, 0.15) is 19.3 Å². The number of hydrogen-bond donors (Lipinski definition) is 0. The van der Waals surface area contributed by atoms with E-state index in [4.69, 9.17) is 9.47 Å². The van der Waals surface area contributed by atoms with Gasteiger partial charge in [-0.05, 0) is 31.4 Å². The fourth-order valence-electron chi connectivity index (χ4n) is 3.99. The molecule has 1 unspecified atom stereocenters. The van der Waals surface area contributed by atoms with Crippen molar-refractivity contribution in [3.8, 4) is 0 Å². The van der Waals surface area contributed by atoms with Crippen molar-refractivity contribution >= 4 is 5.82 Å². The third-order valence-corrected chi connectivity index (χ3v) is 5.35. The molecule has 22 heavy (non-hydrogen) atoms. The average Bonchev–Trinajstić information content (AvgIpc) is 3.11. The number of hydrogen-bond acceptors (Lipinski definition) is 5. The van der Waals surface area contributed by atoms with Crippen LogP contribution in [0.3, 0.4) is 0 Å². The third kappa shape index (κ3) is 2.85. The van der Waals surface area contributed by atoms with Gasteiger partial charge in [-0.2, -0.15) is 0 Å². The molecule has 4 heterocycles. The van der Waals surface area contributed by atoms with Crippen LogP contribution in [0.25, 0.3) is 0 Å². The van der Waals surface area contributed by atoms with Crippen LogP contribution in [-0.4, -0.2) is 67.5 Å². The van der Waals surface area contributed by atoms with Gasteiger partial charge < -0.3 is 14.4 Å². The monoisotopic (exact) mass is 303 g/mol. The van der Waals surface area contributed by atoms with Gasteiger partial charge in [0.25, 0.3) is 0 Å². The molecule has 0 bridgehead atoms. The fourth-order valence-corrected chi connectivity index (χ4v) is 3.99. The molecule has 0 saturated carbocycles. The number of nitrogens with zero attached hydrogens (tertiary/aromatic N) is 3. The van der Waals surface area contributed by atoms with Crippen LogP contribution in [0.5, 0.6) is 0 Å². The highest BCUT2D eigenvalue weighted by molar-refractivity contribution is 5.39. The minimum Gasteiger partial charge on any atom is -0.380 e. The molecule has 0 N–H and O–H groups in total. The predicted molar refractivity (Wildman–Crippen MR) is 85.2 cm³/mol. The van der Waals surface area contributed by atoms with Crippen LogP contribution in [0.4, 0.5) is 5.82 Å². The maximum absolute atomic E-state index is 6.24. The molecule has 5 nitrogen and oxygen atoms in total. The van der Waals surface area contributed by atoms with Crippen molar-refractivity contribution in [3.63, 3.8) is 0 Å². The molecule has 3 aliphatic rings. The molecule has 3 aliphatic heterocycles. The molecule has 3 saturated heterocycles. The highest BCUT2D eigenvalue weighted by Crippen LogP contribution is 2.33. The first-order valence-electron chi connectivity index (χ1n) is 8.46. The summed E-state index contributed by atoms with van der Waals surface area (Å²) in [7, 11) is 0. The fraction of sp³-hybridized carbons (Fsp3) is 0.706. The van der Waals surface area contributed by atoms with Gasteiger partial charge in [0.1, 0.15) is 5.82 Å². The summed E-state index contributed by atoms with van der Waals surface area (Å²) in [6.07, 6.45) is 5.30. The van der Waals surface area contributed by atoms with Crippen molar-refractivity contribution in [1.29, 1.82) is 0 Å². The SMILES string of the molecule is c1ccc(N2CCOC3(CCN(C4CCOC4)CC3)C2)nc1. The number of rotatable bonds is 2. The first kappa shape index (κ1) is 14.4. The van der Waals surface area contributed by atoms with Gasteiger partial charge >= 0.3 is 0 Å². The summed E-state index contributed by atoms with van der Waals surface area (Å²) < 4.78 is 11.8. The van der Waals surface area contributed by atoms with Crippen LogP contribution in [0.15, 0.2) is 24.4 Å². The highest BCUT2D eigenvalue weighted by Gasteiger charge is 2.41. The summed E-state index contributed by atoms with van der Waals surface area (Å²) in [5.41, 5.74) is 0.0196. The minimum absolute atomic E-state index is 0.0196. The number of ether oxygens (including phenoxy) is 2. The van der Waals surface area contributed by atoms with E-state index in [0.717, 1.165) is 64.7 Å². The Morgan fingerprint density at radius 3 is 2.77 bits per heavy atom. The zero-order valence-corrected chi connectivity index (χ0v) is 13.1. The summed E-state index contributed by atoms with van der Waals surface area (Å²) in [6.45, 7) is 6.82. The van der Waals surface area contributed by atoms with Crippen molar-refractivity contribution in [2.45, 2.75) is 30.9 Å². The van der Waals surface area contributed by atoms with E-state index in [0.29, 0.717) is 6.04 Å². The second-order valence-electron chi connectivity index (χ2n) is 6.69. The summed E-state index contributed by atoms with van der Waals surface area (Å²) in [5, 5.41) is 0. The van der Waals surface area contributed by atoms with Crippen LogP contribution in [0.2, 0.25) is 0 Å². The lowest BCUT2D eigenvalue weighted by atomic mass is 9.88. The van der Waals surface area contributed by atoms with Crippen LogP contribution >= 0.6 is 0 Å². The number of anilines is 1. The predicted octanol–water partition coefficient (Wildman–Crippen LogP) is 1.54. The van der Waals surface area contributed by atoms with E-state index >= 15 is 0 Å². The van der Waals surface area contributed by atoms with Gasteiger partial charge in [-0.15, -0.1) is 0 Å². The summed E-state index contributed by atoms with van der Waals surface area (Å²) >= 11 is 0. The molecule has 0 aromatic carbocycles. The van der Waals surface area contributed by atoms with Crippen LogP contribution in [0, 0.1) is 0 Å². The first-order valence-corrected chi connectivity index (χ1v) is 8.46. The zero-order valence-electron chi connectivity index (χ0n) is 13.1. The van der Waals surface area contributed by atoms with Gasteiger partial charge in [0.15, 0.2) is 0 Å². The highest BCUT2D eigenvalue weighted by atomic mass is 16.5. The Hall–Kier alpha value is -1.17. The van der Waals surface area contributed by atoms with Gasteiger partial charge in [-0.25, -0.2) is 4.98 Å². The lowest BCUT2D eigenvalue weighted by molar-refractivity contribution is -0.0960. The first-order chi connectivity index (χ1) is 10.8. The number of likely N-dealkylation sites (tertiary alicyclic amines) is 1. The minimum atomic E-state index is 0.0196. The molecule has 120 valence electrons. The van der Waals surface area contributed by atoms with Crippen molar-refractivity contribution < 1.29 is 9.47 Å². The molecule has 3 fully saturated rings. The van der Waals surface area contributed by atoms with Gasteiger partial charge in [0.2, 0.25) is 0 Å². The van der Waals surface area contributed by atoms with E-state index in [9.17, 15) is 0 Å². The standard InChI is InChI=1S/C17H25N3O2/c1-2-7-18-16(3-1)20-10-12-22-17(14-20)5-8-19(9-6-17)15-4-11-21-13-15/h1-3,7,15H,4-6,8-14H2. The molecular weight excluding hydrogens is 278 g/mol. The smallest absolute Gasteiger partial charge is 0.128 e. The van der Waals surface area contributed by atoms with Crippen molar-refractivity contribution in [1.82, 2.24) is 9.88 Å². The molecule has 0 aliphatic carbocycles. The zero-order chi connectivity index (χ0) is 14.8. The quantitative estimate of drug-likeness (QED) is 0.828.